The first-order chi connectivity index (χ1) is 9.79. The van der Waals surface area contributed by atoms with Crippen LogP contribution in [0.25, 0.3) is 0 Å². The number of rotatable bonds is 6. The minimum atomic E-state index is -3.43. The van der Waals surface area contributed by atoms with Gasteiger partial charge in [-0.2, -0.15) is 0 Å². The maximum absolute atomic E-state index is 12.4. The number of sulfonamides is 1. The maximum atomic E-state index is 12.4. The first-order valence-corrected chi connectivity index (χ1v) is 8.66. The average Bonchev–Trinajstić information content (AvgIpc) is 2.37. The third-order valence-electron chi connectivity index (χ3n) is 4.49. The Labute approximate surface area is 128 Å². The number of nitrogens with zero attached hydrogens (tertiary/aromatic N) is 2. The molecule has 1 aliphatic rings. The van der Waals surface area contributed by atoms with Gasteiger partial charge in [0.25, 0.3) is 0 Å². The van der Waals surface area contributed by atoms with Gasteiger partial charge in [-0.15, -0.1) is 0 Å². The highest BCUT2D eigenvalue weighted by Gasteiger charge is 2.39. The molecule has 0 aromatic heterocycles. The predicted molar refractivity (Wildman–Crippen MR) is 86.1 cm³/mol. The fraction of sp³-hybridized carbons (Fsp3) is 0.600. The minimum Gasteiger partial charge on any atom is -0.382 e. The van der Waals surface area contributed by atoms with Crippen LogP contribution in [-0.4, -0.2) is 57.9 Å². The molecule has 0 amide bonds. The highest BCUT2D eigenvalue weighted by Crippen LogP contribution is 2.36. The zero-order chi connectivity index (χ0) is 15.7. The van der Waals surface area contributed by atoms with Crippen molar-refractivity contribution in [2.75, 3.05) is 40.1 Å². The van der Waals surface area contributed by atoms with Gasteiger partial charge in [0.15, 0.2) is 0 Å². The van der Waals surface area contributed by atoms with E-state index in [1.165, 1.54) is 10.7 Å². The van der Waals surface area contributed by atoms with Crippen LogP contribution < -0.4 is 5.32 Å². The molecule has 1 saturated carbocycles. The van der Waals surface area contributed by atoms with Crippen molar-refractivity contribution in [3.63, 3.8) is 0 Å². The number of hydrogen-bond acceptors (Lipinski definition) is 4. The summed E-state index contributed by atoms with van der Waals surface area (Å²) in [6, 6.07) is 7.10. The molecule has 1 aromatic carbocycles. The molecule has 0 atom stereocenters. The molecule has 0 bridgehead atoms. The summed E-state index contributed by atoms with van der Waals surface area (Å²) in [5, 5.41) is 3.35. The quantitative estimate of drug-likeness (QED) is 0.871. The molecule has 2 rings (SSSR count). The molecule has 21 heavy (non-hydrogen) atoms. The highest BCUT2D eigenvalue weighted by molar-refractivity contribution is 7.89. The summed E-state index contributed by atoms with van der Waals surface area (Å²) in [4.78, 5) is 2.58. The van der Waals surface area contributed by atoms with Crippen LogP contribution >= 0.6 is 0 Å². The molecule has 5 nitrogen and oxygen atoms in total. The molecule has 0 aliphatic heterocycles. The Balaban J connectivity index is 2.22. The third kappa shape index (κ3) is 3.07. The fourth-order valence-electron chi connectivity index (χ4n) is 2.66. The Hall–Kier alpha value is -1.11. The molecular formula is C15H25N3O2S. The minimum absolute atomic E-state index is 0.148. The van der Waals surface area contributed by atoms with Crippen LogP contribution in [0, 0.1) is 0 Å². The first kappa shape index (κ1) is 16.3. The van der Waals surface area contributed by atoms with E-state index in [1.807, 2.05) is 12.1 Å². The van der Waals surface area contributed by atoms with E-state index in [0.29, 0.717) is 10.6 Å². The molecule has 0 heterocycles. The van der Waals surface area contributed by atoms with Crippen molar-refractivity contribution in [1.29, 1.82) is 0 Å². The lowest BCUT2D eigenvalue weighted by molar-refractivity contribution is 0.0738. The SMILES string of the molecule is CN(C)C1(CNc2ccccc2S(=O)(=O)N(C)C)CCC1. The second kappa shape index (κ2) is 5.94. The van der Waals surface area contributed by atoms with Gasteiger partial charge in [-0.05, 0) is 45.5 Å². The standard InChI is InChI=1S/C15H25N3O2S/c1-17(2)15(10-7-11-15)12-16-13-8-5-6-9-14(13)21(19,20)18(3)4/h5-6,8-9,16H,7,10-12H2,1-4H3. The van der Waals surface area contributed by atoms with Gasteiger partial charge in [-0.1, -0.05) is 12.1 Å². The number of anilines is 1. The van der Waals surface area contributed by atoms with Crippen molar-refractivity contribution in [3.05, 3.63) is 24.3 Å². The summed E-state index contributed by atoms with van der Waals surface area (Å²) >= 11 is 0. The highest BCUT2D eigenvalue weighted by atomic mass is 32.2. The molecular weight excluding hydrogens is 286 g/mol. The van der Waals surface area contributed by atoms with Gasteiger partial charge in [-0.3, -0.25) is 0 Å². The topological polar surface area (TPSA) is 52.7 Å². The summed E-state index contributed by atoms with van der Waals surface area (Å²) in [6.45, 7) is 0.764. The van der Waals surface area contributed by atoms with Gasteiger partial charge in [0.1, 0.15) is 4.90 Å². The fourth-order valence-corrected chi connectivity index (χ4v) is 3.72. The number of nitrogens with one attached hydrogen (secondary N) is 1. The predicted octanol–water partition coefficient (Wildman–Crippen LogP) is 1.83. The van der Waals surface area contributed by atoms with Crippen LogP contribution in [0.5, 0.6) is 0 Å². The Morgan fingerprint density at radius 1 is 1.14 bits per heavy atom. The lowest BCUT2D eigenvalue weighted by atomic mass is 9.75. The summed E-state index contributed by atoms with van der Waals surface area (Å²) < 4.78 is 26.0. The van der Waals surface area contributed by atoms with E-state index >= 15 is 0 Å². The van der Waals surface area contributed by atoms with E-state index in [4.69, 9.17) is 0 Å². The number of benzene rings is 1. The van der Waals surface area contributed by atoms with Crippen LogP contribution in [0.1, 0.15) is 19.3 Å². The molecule has 0 saturated heterocycles. The first-order valence-electron chi connectivity index (χ1n) is 7.22. The smallest absolute Gasteiger partial charge is 0.244 e. The molecule has 118 valence electrons. The van der Waals surface area contributed by atoms with E-state index in [-0.39, 0.29) is 5.54 Å². The van der Waals surface area contributed by atoms with Gasteiger partial charge in [0, 0.05) is 26.2 Å². The monoisotopic (exact) mass is 311 g/mol. The van der Waals surface area contributed by atoms with E-state index in [9.17, 15) is 8.42 Å². The van der Waals surface area contributed by atoms with Crippen molar-refractivity contribution >= 4 is 15.7 Å². The second-order valence-electron chi connectivity index (χ2n) is 6.11. The van der Waals surface area contributed by atoms with E-state index in [0.717, 1.165) is 19.4 Å². The molecule has 1 N–H and O–H groups in total. The van der Waals surface area contributed by atoms with E-state index < -0.39 is 10.0 Å². The van der Waals surface area contributed by atoms with Crippen molar-refractivity contribution in [3.8, 4) is 0 Å². The van der Waals surface area contributed by atoms with E-state index in [1.54, 1.807) is 26.2 Å². The number of para-hydroxylation sites is 1. The molecule has 1 aromatic rings. The van der Waals surface area contributed by atoms with Crippen molar-refractivity contribution in [2.45, 2.75) is 29.7 Å². The molecule has 1 aliphatic carbocycles. The van der Waals surface area contributed by atoms with Crippen LogP contribution in [0.3, 0.4) is 0 Å². The Morgan fingerprint density at radius 2 is 1.76 bits per heavy atom. The lowest BCUT2D eigenvalue weighted by Gasteiger charge is -2.47. The van der Waals surface area contributed by atoms with Gasteiger partial charge in [0.05, 0.1) is 5.69 Å². The summed E-state index contributed by atoms with van der Waals surface area (Å²) in [5.41, 5.74) is 0.828. The Morgan fingerprint density at radius 3 is 2.24 bits per heavy atom. The maximum Gasteiger partial charge on any atom is 0.244 e. The second-order valence-corrected chi connectivity index (χ2v) is 8.23. The van der Waals surface area contributed by atoms with Crippen LogP contribution in [0.2, 0.25) is 0 Å². The number of likely N-dealkylation sites (N-methyl/N-ethyl adjacent to an activating group) is 1. The van der Waals surface area contributed by atoms with Crippen molar-refractivity contribution in [2.24, 2.45) is 0 Å². The van der Waals surface area contributed by atoms with E-state index in [2.05, 4.69) is 24.3 Å². The molecule has 0 radical (unpaired) electrons. The Bertz CT molecular complexity index is 593. The van der Waals surface area contributed by atoms with Crippen molar-refractivity contribution < 1.29 is 8.42 Å². The average molecular weight is 311 g/mol. The summed E-state index contributed by atoms with van der Waals surface area (Å²) in [5.74, 6) is 0. The van der Waals surface area contributed by atoms with Crippen LogP contribution in [-0.2, 0) is 10.0 Å². The van der Waals surface area contributed by atoms with Gasteiger partial charge in [-0.25, -0.2) is 12.7 Å². The van der Waals surface area contributed by atoms with Crippen LogP contribution in [0.4, 0.5) is 5.69 Å². The zero-order valence-electron chi connectivity index (χ0n) is 13.3. The zero-order valence-corrected chi connectivity index (χ0v) is 14.1. The number of hydrogen-bond donors (Lipinski definition) is 1. The lowest BCUT2D eigenvalue weighted by Crippen LogP contribution is -2.54. The van der Waals surface area contributed by atoms with Gasteiger partial charge in [0.2, 0.25) is 10.0 Å². The van der Waals surface area contributed by atoms with Crippen molar-refractivity contribution in [1.82, 2.24) is 9.21 Å². The van der Waals surface area contributed by atoms with Crippen LogP contribution in [0.15, 0.2) is 29.2 Å². The van der Waals surface area contributed by atoms with Gasteiger partial charge < -0.3 is 10.2 Å². The summed E-state index contributed by atoms with van der Waals surface area (Å²) in [6.07, 6.45) is 3.53. The van der Waals surface area contributed by atoms with Gasteiger partial charge >= 0.3 is 0 Å². The normalized spacial score (nSPS) is 17.8. The molecule has 0 spiro atoms. The molecule has 6 heteroatoms. The Kier molecular flexibility index (Phi) is 4.60. The third-order valence-corrected chi connectivity index (χ3v) is 6.36. The largest absolute Gasteiger partial charge is 0.382 e. The molecule has 1 fully saturated rings. The summed E-state index contributed by atoms with van der Waals surface area (Å²) in [7, 11) is 3.86. The molecule has 0 unspecified atom stereocenters.